The number of ether oxygens (including phenoxy) is 1. The maximum Gasteiger partial charge on any atom is 0.255 e. The van der Waals surface area contributed by atoms with Crippen LogP contribution in [0.4, 0.5) is 0 Å². The average Bonchev–Trinajstić information content (AvgIpc) is 2.97. The Balaban J connectivity index is 1.46. The normalized spacial score (nSPS) is 28.3. The number of hydrogen-bond donors (Lipinski definition) is 1. The van der Waals surface area contributed by atoms with Gasteiger partial charge in [-0.05, 0) is 49.1 Å². The highest BCUT2D eigenvalue weighted by molar-refractivity contribution is 6.05. The molecule has 28 heavy (non-hydrogen) atoms. The number of likely N-dealkylation sites (N-methyl/N-ethyl adjacent to an activating group) is 1. The summed E-state index contributed by atoms with van der Waals surface area (Å²) in [5.74, 6) is 0.553. The van der Waals surface area contributed by atoms with Crippen LogP contribution in [0.25, 0.3) is 0 Å². The lowest BCUT2D eigenvalue weighted by Gasteiger charge is -2.35. The number of imide groups is 1. The van der Waals surface area contributed by atoms with Crippen LogP contribution in [0.5, 0.6) is 5.75 Å². The number of fused-ring (bicyclic) bond motifs is 1. The Bertz CT molecular complexity index is 809. The van der Waals surface area contributed by atoms with Crippen LogP contribution in [0.3, 0.4) is 0 Å². The quantitative estimate of drug-likeness (QED) is 0.796. The number of rotatable bonds is 4. The topological polar surface area (TPSA) is 79.0 Å². The molecule has 1 aromatic rings. The number of likely N-dealkylation sites (tertiary alicyclic amines) is 1. The van der Waals surface area contributed by atoms with Gasteiger partial charge in [0, 0.05) is 31.6 Å². The zero-order valence-electron chi connectivity index (χ0n) is 16.4. The van der Waals surface area contributed by atoms with Crippen molar-refractivity contribution in [3.8, 4) is 5.75 Å². The number of carbonyl (C=O) groups is 3. The SMILES string of the molecule is CCN1C[C@H](C)C[C@@H](Oc2ccc3c(c2)CN(C2CCC(=O)NC2=O)C3=O)C1. The second kappa shape index (κ2) is 7.54. The van der Waals surface area contributed by atoms with Gasteiger partial charge in [0.25, 0.3) is 5.91 Å². The molecule has 1 unspecified atom stereocenters. The molecule has 1 N–H and O–H groups in total. The number of hydrogen-bond acceptors (Lipinski definition) is 5. The summed E-state index contributed by atoms with van der Waals surface area (Å²) >= 11 is 0. The largest absolute Gasteiger partial charge is 0.489 e. The van der Waals surface area contributed by atoms with Crippen molar-refractivity contribution >= 4 is 17.7 Å². The van der Waals surface area contributed by atoms with Gasteiger partial charge in [-0.25, -0.2) is 0 Å². The second-order valence-corrected chi connectivity index (χ2v) is 8.15. The summed E-state index contributed by atoms with van der Waals surface area (Å²) in [7, 11) is 0. The first kappa shape index (κ1) is 18.9. The van der Waals surface area contributed by atoms with E-state index in [0.717, 1.165) is 37.4 Å². The first-order valence-corrected chi connectivity index (χ1v) is 10.1. The summed E-state index contributed by atoms with van der Waals surface area (Å²) in [6, 6.07) is 4.98. The standard InChI is InChI=1S/C21H27N3O4/c1-3-23-10-13(2)8-16(12-23)28-15-4-5-17-14(9-15)11-24(21(17)27)18-6-7-19(25)22-20(18)26/h4-5,9,13,16,18H,3,6-8,10-12H2,1-2H3,(H,22,25,26)/t13-,16-,18?/m1/s1. The van der Waals surface area contributed by atoms with Crippen LogP contribution in [0, 0.1) is 5.92 Å². The first-order valence-electron chi connectivity index (χ1n) is 10.1. The summed E-state index contributed by atoms with van der Waals surface area (Å²) in [6.07, 6.45) is 1.80. The van der Waals surface area contributed by atoms with Crippen molar-refractivity contribution in [1.82, 2.24) is 15.1 Å². The van der Waals surface area contributed by atoms with E-state index in [1.807, 2.05) is 12.1 Å². The molecule has 4 rings (SSSR count). The molecule has 7 nitrogen and oxygen atoms in total. The van der Waals surface area contributed by atoms with E-state index >= 15 is 0 Å². The fraction of sp³-hybridized carbons (Fsp3) is 0.571. The molecule has 3 heterocycles. The molecule has 0 saturated carbocycles. The van der Waals surface area contributed by atoms with E-state index in [9.17, 15) is 14.4 Å². The number of nitrogens with one attached hydrogen (secondary N) is 1. The van der Waals surface area contributed by atoms with Gasteiger partial charge < -0.3 is 9.64 Å². The number of benzene rings is 1. The minimum atomic E-state index is -0.584. The third-order valence-electron chi connectivity index (χ3n) is 5.94. The maximum atomic E-state index is 12.8. The summed E-state index contributed by atoms with van der Waals surface area (Å²) in [6.45, 7) is 7.83. The highest BCUT2D eigenvalue weighted by atomic mass is 16.5. The van der Waals surface area contributed by atoms with Crippen LogP contribution in [0.2, 0.25) is 0 Å². The highest BCUT2D eigenvalue weighted by Gasteiger charge is 2.39. The summed E-state index contributed by atoms with van der Waals surface area (Å²) in [5, 5.41) is 2.33. The molecule has 0 aliphatic carbocycles. The zero-order valence-corrected chi connectivity index (χ0v) is 16.4. The first-order chi connectivity index (χ1) is 13.4. The van der Waals surface area contributed by atoms with Crippen LogP contribution in [-0.4, -0.2) is 59.3 Å². The molecule has 0 radical (unpaired) electrons. The van der Waals surface area contributed by atoms with Gasteiger partial charge in [-0.1, -0.05) is 13.8 Å². The molecule has 2 saturated heterocycles. The van der Waals surface area contributed by atoms with Gasteiger partial charge in [-0.3, -0.25) is 24.6 Å². The minimum Gasteiger partial charge on any atom is -0.489 e. The monoisotopic (exact) mass is 385 g/mol. The molecule has 3 amide bonds. The van der Waals surface area contributed by atoms with E-state index in [-0.39, 0.29) is 30.2 Å². The van der Waals surface area contributed by atoms with E-state index in [0.29, 0.717) is 24.4 Å². The van der Waals surface area contributed by atoms with Crippen molar-refractivity contribution in [2.24, 2.45) is 5.92 Å². The van der Waals surface area contributed by atoms with E-state index in [1.54, 1.807) is 11.0 Å². The molecule has 0 bridgehead atoms. The predicted octanol–water partition coefficient (Wildman–Crippen LogP) is 1.56. The van der Waals surface area contributed by atoms with Gasteiger partial charge in [-0.15, -0.1) is 0 Å². The Morgan fingerprint density at radius 2 is 2.04 bits per heavy atom. The fourth-order valence-corrected chi connectivity index (χ4v) is 4.56. The lowest BCUT2D eigenvalue weighted by Crippen LogP contribution is -2.52. The maximum absolute atomic E-state index is 12.8. The van der Waals surface area contributed by atoms with Crippen molar-refractivity contribution < 1.29 is 19.1 Å². The molecular formula is C21H27N3O4. The molecule has 2 fully saturated rings. The van der Waals surface area contributed by atoms with Crippen molar-refractivity contribution in [2.45, 2.75) is 51.8 Å². The van der Waals surface area contributed by atoms with Crippen LogP contribution < -0.4 is 10.1 Å². The third kappa shape index (κ3) is 3.63. The number of nitrogens with zero attached hydrogens (tertiary/aromatic N) is 2. The van der Waals surface area contributed by atoms with Crippen LogP contribution in [0.15, 0.2) is 18.2 Å². The van der Waals surface area contributed by atoms with Gasteiger partial charge in [0.15, 0.2) is 0 Å². The Kier molecular flexibility index (Phi) is 5.10. The third-order valence-corrected chi connectivity index (χ3v) is 5.94. The minimum absolute atomic E-state index is 0.144. The molecule has 7 heteroatoms. The van der Waals surface area contributed by atoms with E-state index in [1.165, 1.54) is 0 Å². The van der Waals surface area contributed by atoms with Crippen LogP contribution >= 0.6 is 0 Å². The van der Waals surface area contributed by atoms with Crippen molar-refractivity contribution in [1.29, 1.82) is 0 Å². The van der Waals surface area contributed by atoms with E-state index in [2.05, 4.69) is 24.1 Å². The molecule has 3 atom stereocenters. The molecule has 150 valence electrons. The van der Waals surface area contributed by atoms with Crippen LogP contribution in [0.1, 0.15) is 49.0 Å². The van der Waals surface area contributed by atoms with Gasteiger partial charge >= 0.3 is 0 Å². The number of amides is 3. The van der Waals surface area contributed by atoms with Crippen molar-refractivity contribution in [3.63, 3.8) is 0 Å². The van der Waals surface area contributed by atoms with Gasteiger partial charge in [0.05, 0.1) is 0 Å². The zero-order chi connectivity index (χ0) is 19.8. The number of carbonyl (C=O) groups excluding carboxylic acids is 3. The molecule has 0 spiro atoms. The molecule has 0 aromatic heterocycles. The summed E-state index contributed by atoms with van der Waals surface area (Å²) in [5.41, 5.74) is 1.49. The van der Waals surface area contributed by atoms with E-state index < -0.39 is 6.04 Å². The Morgan fingerprint density at radius 3 is 2.79 bits per heavy atom. The molecular weight excluding hydrogens is 358 g/mol. The van der Waals surface area contributed by atoms with Gasteiger partial charge in [0.1, 0.15) is 17.9 Å². The average molecular weight is 385 g/mol. The van der Waals surface area contributed by atoms with Crippen molar-refractivity contribution in [3.05, 3.63) is 29.3 Å². The lowest BCUT2D eigenvalue weighted by atomic mass is 9.98. The summed E-state index contributed by atoms with van der Waals surface area (Å²) < 4.78 is 6.24. The Morgan fingerprint density at radius 1 is 1.21 bits per heavy atom. The second-order valence-electron chi connectivity index (χ2n) is 8.15. The fourth-order valence-electron chi connectivity index (χ4n) is 4.56. The highest BCUT2D eigenvalue weighted by Crippen LogP contribution is 2.31. The van der Waals surface area contributed by atoms with E-state index in [4.69, 9.17) is 4.74 Å². The Hall–Kier alpha value is -2.41. The molecule has 3 aliphatic heterocycles. The van der Waals surface area contributed by atoms with Gasteiger partial charge in [-0.2, -0.15) is 0 Å². The number of piperidine rings is 2. The van der Waals surface area contributed by atoms with Crippen molar-refractivity contribution in [2.75, 3.05) is 19.6 Å². The molecule has 1 aromatic carbocycles. The smallest absolute Gasteiger partial charge is 0.255 e. The molecule has 3 aliphatic rings. The lowest BCUT2D eigenvalue weighted by molar-refractivity contribution is -0.136. The predicted molar refractivity (Wildman–Crippen MR) is 103 cm³/mol. The van der Waals surface area contributed by atoms with Crippen LogP contribution in [-0.2, 0) is 16.1 Å². The Labute approximate surface area is 165 Å². The summed E-state index contributed by atoms with van der Waals surface area (Å²) in [4.78, 5) is 40.3. The van der Waals surface area contributed by atoms with Gasteiger partial charge in [0.2, 0.25) is 11.8 Å².